The molecule has 0 aliphatic rings. The third-order valence-electron chi connectivity index (χ3n) is 3.85. The maximum absolute atomic E-state index is 4.72. The van der Waals surface area contributed by atoms with Crippen LogP contribution in [0.2, 0.25) is 0 Å². The average Bonchev–Trinajstić information content (AvgIpc) is 2.36. The molecule has 0 aliphatic heterocycles. The molecule has 1 aromatic heterocycles. The van der Waals surface area contributed by atoms with Crippen molar-refractivity contribution in [3.05, 3.63) is 32.0 Å². The van der Waals surface area contributed by atoms with Gasteiger partial charge in [0.15, 0.2) is 0 Å². The Morgan fingerprint density at radius 2 is 1.74 bits per heavy atom. The van der Waals surface area contributed by atoms with Gasteiger partial charge in [0.05, 0.1) is 0 Å². The third kappa shape index (κ3) is 2.33. The van der Waals surface area contributed by atoms with Gasteiger partial charge in [0.25, 0.3) is 0 Å². The smallest absolute Gasteiger partial charge is 0.134 e. The van der Waals surface area contributed by atoms with Crippen LogP contribution in [0.5, 0.6) is 0 Å². The Labute approximate surface area is 129 Å². The molecule has 0 amide bonds. The number of nitrogens with zero attached hydrogens (tertiary/aromatic N) is 1. The highest BCUT2D eigenvalue weighted by molar-refractivity contribution is 14.1. The largest absolute Gasteiger partial charge is 0.373 e. The van der Waals surface area contributed by atoms with Gasteiger partial charge < -0.3 is 5.32 Å². The molecule has 1 aromatic carbocycles. The molecule has 0 unspecified atom stereocenters. The van der Waals surface area contributed by atoms with Crippen LogP contribution in [0, 0.1) is 24.3 Å². The summed E-state index contributed by atoms with van der Waals surface area (Å²) in [6.07, 6.45) is 0. The highest BCUT2D eigenvalue weighted by atomic mass is 127. The Kier molecular flexibility index (Phi) is 4.04. The second-order valence-electron chi connectivity index (χ2n) is 5.40. The Hall–Kier alpha value is -0.840. The average molecular weight is 368 g/mol. The standard InChI is InChI=1S/C16H21IN2/c1-8(2)12-7-13(17)10(4)14-9(3)11(5)19-16(18-6)15(12)14/h7-8H,1-6H3,(H,18,19). The summed E-state index contributed by atoms with van der Waals surface area (Å²) in [6, 6.07) is 2.31. The fourth-order valence-corrected chi connectivity index (χ4v) is 3.22. The van der Waals surface area contributed by atoms with Crippen molar-refractivity contribution in [2.24, 2.45) is 0 Å². The van der Waals surface area contributed by atoms with E-state index in [1.54, 1.807) is 0 Å². The van der Waals surface area contributed by atoms with Gasteiger partial charge in [-0.1, -0.05) is 13.8 Å². The first-order valence-corrected chi connectivity index (χ1v) is 7.74. The first-order chi connectivity index (χ1) is 8.88. The normalized spacial score (nSPS) is 11.4. The quantitative estimate of drug-likeness (QED) is 0.761. The van der Waals surface area contributed by atoms with Crippen molar-refractivity contribution in [1.29, 1.82) is 0 Å². The van der Waals surface area contributed by atoms with Crippen LogP contribution in [0.1, 0.15) is 42.1 Å². The van der Waals surface area contributed by atoms with Gasteiger partial charge in [-0.05, 0) is 77.4 Å². The Balaban J connectivity index is 3.08. The molecule has 19 heavy (non-hydrogen) atoms. The molecule has 2 nitrogen and oxygen atoms in total. The van der Waals surface area contributed by atoms with E-state index in [4.69, 9.17) is 4.98 Å². The van der Waals surface area contributed by atoms with E-state index in [2.05, 4.69) is 68.6 Å². The van der Waals surface area contributed by atoms with E-state index in [1.807, 2.05) is 7.05 Å². The fourth-order valence-electron chi connectivity index (χ4n) is 2.62. The van der Waals surface area contributed by atoms with E-state index in [-0.39, 0.29) is 0 Å². The summed E-state index contributed by atoms with van der Waals surface area (Å²) in [5.74, 6) is 1.49. The van der Waals surface area contributed by atoms with E-state index in [1.165, 1.54) is 31.0 Å². The number of halogens is 1. The van der Waals surface area contributed by atoms with Crippen molar-refractivity contribution in [2.75, 3.05) is 12.4 Å². The summed E-state index contributed by atoms with van der Waals surface area (Å²) in [4.78, 5) is 4.72. The number of fused-ring (bicyclic) bond motifs is 1. The van der Waals surface area contributed by atoms with Crippen LogP contribution in [0.25, 0.3) is 10.8 Å². The molecule has 0 radical (unpaired) electrons. The number of nitrogens with one attached hydrogen (secondary N) is 1. The molecule has 3 heteroatoms. The molecule has 0 fully saturated rings. The van der Waals surface area contributed by atoms with Crippen LogP contribution in [0.3, 0.4) is 0 Å². The van der Waals surface area contributed by atoms with Crippen molar-refractivity contribution < 1.29 is 0 Å². The number of anilines is 1. The van der Waals surface area contributed by atoms with E-state index >= 15 is 0 Å². The van der Waals surface area contributed by atoms with Crippen LogP contribution in [-0.4, -0.2) is 12.0 Å². The molecule has 0 atom stereocenters. The zero-order valence-corrected chi connectivity index (χ0v) is 14.6. The number of pyridine rings is 1. The zero-order valence-electron chi connectivity index (χ0n) is 12.5. The Bertz CT molecular complexity index is 637. The fraction of sp³-hybridized carbons (Fsp3) is 0.438. The van der Waals surface area contributed by atoms with Crippen molar-refractivity contribution in [3.63, 3.8) is 0 Å². The van der Waals surface area contributed by atoms with E-state index in [0.29, 0.717) is 5.92 Å². The minimum absolute atomic E-state index is 0.493. The summed E-state index contributed by atoms with van der Waals surface area (Å²) < 4.78 is 1.34. The molecule has 0 saturated heterocycles. The van der Waals surface area contributed by atoms with Crippen molar-refractivity contribution in [2.45, 2.75) is 40.5 Å². The maximum atomic E-state index is 4.72. The van der Waals surface area contributed by atoms with Crippen LogP contribution >= 0.6 is 22.6 Å². The van der Waals surface area contributed by atoms with Gasteiger partial charge in [0, 0.05) is 21.7 Å². The number of hydrogen-bond donors (Lipinski definition) is 1. The summed E-state index contributed by atoms with van der Waals surface area (Å²) >= 11 is 2.44. The van der Waals surface area contributed by atoms with Crippen LogP contribution < -0.4 is 5.32 Å². The molecule has 0 spiro atoms. The Morgan fingerprint density at radius 1 is 1.11 bits per heavy atom. The first-order valence-electron chi connectivity index (χ1n) is 6.66. The maximum Gasteiger partial charge on any atom is 0.134 e. The molecule has 0 saturated carbocycles. The highest BCUT2D eigenvalue weighted by Gasteiger charge is 2.17. The second kappa shape index (κ2) is 5.27. The van der Waals surface area contributed by atoms with Gasteiger partial charge in [-0.2, -0.15) is 0 Å². The van der Waals surface area contributed by atoms with Crippen molar-refractivity contribution in [1.82, 2.24) is 4.98 Å². The minimum Gasteiger partial charge on any atom is -0.373 e. The predicted octanol–water partition coefficient (Wildman–Crippen LogP) is 4.93. The molecule has 2 aromatic rings. The molecule has 0 bridgehead atoms. The van der Waals surface area contributed by atoms with Gasteiger partial charge in [-0.15, -0.1) is 0 Å². The number of hydrogen-bond acceptors (Lipinski definition) is 2. The monoisotopic (exact) mass is 368 g/mol. The number of aromatic nitrogens is 1. The second-order valence-corrected chi connectivity index (χ2v) is 6.56. The van der Waals surface area contributed by atoms with Gasteiger partial charge in [-0.3, -0.25) is 0 Å². The molecule has 1 heterocycles. The zero-order chi connectivity index (χ0) is 14.3. The topological polar surface area (TPSA) is 24.9 Å². The lowest BCUT2D eigenvalue weighted by Gasteiger charge is -2.19. The molecule has 102 valence electrons. The van der Waals surface area contributed by atoms with Crippen LogP contribution in [0.15, 0.2) is 6.07 Å². The number of aryl methyl sites for hydroxylation is 3. The van der Waals surface area contributed by atoms with E-state index in [9.17, 15) is 0 Å². The summed E-state index contributed by atoms with van der Waals surface area (Å²) in [6.45, 7) is 11.0. The molecular weight excluding hydrogens is 347 g/mol. The van der Waals surface area contributed by atoms with Crippen LogP contribution in [-0.2, 0) is 0 Å². The molecule has 1 N–H and O–H groups in total. The van der Waals surface area contributed by atoms with Gasteiger partial charge >= 0.3 is 0 Å². The SMILES string of the molecule is CNc1nc(C)c(C)c2c(C)c(I)cc(C(C)C)c12. The lowest BCUT2D eigenvalue weighted by Crippen LogP contribution is -2.04. The molecule has 0 aliphatic carbocycles. The first kappa shape index (κ1) is 14.6. The van der Waals surface area contributed by atoms with Gasteiger partial charge in [-0.25, -0.2) is 4.98 Å². The highest BCUT2D eigenvalue weighted by Crippen LogP contribution is 2.37. The minimum atomic E-state index is 0.493. The predicted molar refractivity (Wildman–Crippen MR) is 92.3 cm³/mol. The van der Waals surface area contributed by atoms with Crippen LogP contribution in [0.4, 0.5) is 5.82 Å². The van der Waals surface area contributed by atoms with E-state index < -0.39 is 0 Å². The van der Waals surface area contributed by atoms with E-state index in [0.717, 1.165) is 11.5 Å². The lowest BCUT2D eigenvalue weighted by atomic mass is 9.91. The number of rotatable bonds is 2. The number of benzene rings is 1. The summed E-state index contributed by atoms with van der Waals surface area (Å²) in [5, 5.41) is 5.92. The van der Waals surface area contributed by atoms with Gasteiger partial charge in [0.1, 0.15) is 5.82 Å². The lowest BCUT2D eigenvalue weighted by molar-refractivity contribution is 0.874. The molecular formula is C16H21IN2. The summed E-state index contributed by atoms with van der Waals surface area (Å²) in [5.41, 5.74) is 5.15. The third-order valence-corrected chi connectivity index (χ3v) is 4.97. The summed E-state index contributed by atoms with van der Waals surface area (Å²) in [7, 11) is 1.95. The molecule has 2 rings (SSSR count). The van der Waals surface area contributed by atoms with Gasteiger partial charge in [0.2, 0.25) is 0 Å². The van der Waals surface area contributed by atoms with Crippen molar-refractivity contribution >= 4 is 39.2 Å². The van der Waals surface area contributed by atoms with Crippen molar-refractivity contribution in [3.8, 4) is 0 Å². The Morgan fingerprint density at radius 3 is 2.26 bits per heavy atom.